The zero-order chi connectivity index (χ0) is 13.6. The molecule has 1 aromatic rings. The number of hydrogen-bond donors (Lipinski definition) is 0. The van der Waals surface area contributed by atoms with Crippen LogP contribution in [0.5, 0.6) is 0 Å². The molecule has 4 heteroatoms. The molecule has 0 bridgehead atoms. The maximum absolute atomic E-state index is 12.1. The fourth-order valence-corrected chi connectivity index (χ4v) is 3.95. The SMILES string of the molecule is O=S(=O)(CCCCN1CCCCC1)c1ccccc1. The molecule has 1 fully saturated rings. The first-order valence-electron chi connectivity index (χ1n) is 7.19. The Morgan fingerprint density at radius 1 is 0.947 bits per heavy atom. The molecular weight excluding hydrogens is 258 g/mol. The molecule has 0 atom stereocenters. The van der Waals surface area contributed by atoms with Gasteiger partial charge in [0.1, 0.15) is 0 Å². The lowest BCUT2D eigenvalue weighted by molar-refractivity contribution is 0.226. The van der Waals surface area contributed by atoms with Crippen molar-refractivity contribution in [3.05, 3.63) is 30.3 Å². The third-order valence-electron chi connectivity index (χ3n) is 3.69. The second-order valence-electron chi connectivity index (χ2n) is 5.24. The molecule has 3 nitrogen and oxygen atoms in total. The molecule has 1 heterocycles. The number of piperidine rings is 1. The van der Waals surface area contributed by atoms with E-state index in [4.69, 9.17) is 0 Å². The maximum atomic E-state index is 12.1. The van der Waals surface area contributed by atoms with Crippen molar-refractivity contribution in [2.45, 2.75) is 37.0 Å². The van der Waals surface area contributed by atoms with Crippen molar-refractivity contribution in [3.63, 3.8) is 0 Å². The normalized spacial score (nSPS) is 17.5. The molecule has 0 aromatic heterocycles. The fraction of sp³-hybridized carbons (Fsp3) is 0.600. The molecule has 0 spiro atoms. The standard InChI is InChI=1S/C15H23NO2S/c17-19(18,15-9-3-1-4-10-15)14-8-7-13-16-11-5-2-6-12-16/h1,3-4,9-10H,2,5-8,11-14H2. The minimum atomic E-state index is -3.08. The summed E-state index contributed by atoms with van der Waals surface area (Å²) >= 11 is 0. The molecule has 2 rings (SSSR count). The quantitative estimate of drug-likeness (QED) is 0.752. The highest BCUT2D eigenvalue weighted by Crippen LogP contribution is 2.13. The van der Waals surface area contributed by atoms with Crippen LogP contribution in [-0.4, -0.2) is 38.7 Å². The van der Waals surface area contributed by atoms with Crippen LogP contribution in [0.1, 0.15) is 32.1 Å². The molecule has 106 valence electrons. The van der Waals surface area contributed by atoms with Crippen LogP contribution in [0.4, 0.5) is 0 Å². The molecule has 0 radical (unpaired) electrons. The molecule has 0 saturated carbocycles. The molecule has 1 aliphatic heterocycles. The van der Waals surface area contributed by atoms with E-state index in [0.717, 1.165) is 19.4 Å². The van der Waals surface area contributed by atoms with Gasteiger partial charge in [0.25, 0.3) is 0 Å². The summed E-state index contributed by atoms with van der Waals surface area (Å²) in [5.74, 6) is 0.269. The summed E-state index contributed by atoms with van der Waals surface area (Å²) in [6.45, 7) is 3.42. The van der Waals surface area contributed by atoms with Gasteiger partial charge in [-0.15, -0.1) is 0 Å². The van der Waals surface area contributed by atoms with Gasteiger partial charge in [-0.25, -0.2) is 8.42 Å². The highest BCUT2D eigenvalue weighted by atomic mass is 32.2. The van der Waals surface area contributed by atoms with Crippen LogP contribution in [-0.2, 0) is 9.84 Å². The summed E-state index contributed by atoms with van der Waals surface area (Å²) in [6, 6.07) is 8.76. The molecule has 0 unspecified atom stereocenters. The molecule has 0 aliphatic carbocycles. The Morgan fingerprint density at radius 3 is 2.32 bits per heavy atom. The molecule has 1 saturated heterocycles. The van der Waals surface area contributed by atoms with Gasteiger partial charge in [-0.3, -0.25) is 0 Å². The van der Waals surface area contributed by atoms with Gasteiger partial charge in [0, 0.05) is 0 Å². The van der Waals surface area contributed by atoms with Gasteiger partial charge in [0.2, 0.25) is 0 Å². The van der Waals surface area contributed by atoms with Crippen molar-refractivity contribution in [2.75, 3.05) is 25.4 Å². The molecule has 0 N–H and O–H groups in total. The molecule has 19 heavy (non-hydrogen) atoms. The predicted octanol–water partition coefficient (Wildman–Crippen LogP) is 2.73. The third kappa shape index (κ3) is 4.62. The van der Waals surface area contributed by atoms with E-state index in [9.17, 15) is 8.42 Å². The van der Waals surface area contributed by atoms with Crippen LogP contribution in [0.15, 0.2) is 35.2 Å². The van der Waals surface area contributed by atoms with Gasteiger partial charge in [-0.1, -0.05) is 24.6 Å². The molecule has 1 aromatic carbocycles. The van der Waals surface area contributed by atoms with Gasteiger partial charge >= 0.3 is 0 Å². The highest BCUT2D eigenvalue weighted by molar-refractivity contribution is 7.91. The molecule has 1 aliphatic rings. The number of sulfone groups is 1. The predicted molar refractivity (Wildman–Crippen MR) is 78.0 cm³/mol. The number of unbranched alkanes of at least 4 members (excludes halogenated alkanes) is 1. The van der Waals surface area contributed by atoms with Crippen molar-refractivity contribution in [1.82, 2.24) is 4.90 Å². The van der Waals surface area contributed by atoms with Crippen LogP contribution in [0.2, 0.25) is 0 Å². The summed E-state index contributed by atoms with van der Waals surface area (Å²) in [6.07, 6.45) is 5.67. The average Bonchev–Trinajstić information content (AvgIpc) is 2.46. The number of nitrogens with zero attached hydrogens (tertiary/aromatic N) is 1. The van der Waals surface area contributed by atoms with E-state index in [0.29, 0.717) is 4.90 Å². The van der Waals surface area contributed by atoms with E-state index >= 15 is 0 Å². The average molecular weight is 281 g/mol. The minimum absolute atomic E-state index is 0.269. The summed E-state index contributed by atoms with van der Waals surface area (Å²) in [5, 5.41) is 0. The summed E-state index contributed by atoms with van der Waals surface area (Å²) in [4.78, 5) is 2.91. The van der Waals surface area contributed by atoms with Crippen molar-refractivity contribution >= 4 is 9.84 Å². The second kappa shape index (κ2) is 7.06. The van der Waals surface area contributed by atoms with Crippen LogP contribution >= 0.6 is 0 Å². The van der Waals surface area contributed by atoms with Gasteiger partial charge in [0.05, 0.1) is 10.6 Å². The molecule has 0 amide bonds. The first-order valence-corrected chi connectivity index (χ1v) is 8.84. The van der Waals surface area contributed by atoms with Crippen LogP contribution < -0.4 is 0 Å². The zero-order valence-electron chi connectivity index (χ0n) is 11.4. The maximum Gasteiger partial charge on any atom is 0.178 e. The van der Waals surface area contributed by atoms with E-state index in [-0.39, 0.29) is 5.75 Å². The minimum Gasteiger partial charge on any atom is -0.303 e. The van der Waals surface area contributed by atoms with Crippen molar-refractivity contribution in [3.8, 4) is 0 Å². The van der Waals surface area contributed by atoms with Gasteiger partial charge in [-0.05, 0) is 57.5 Å². The Hall–Kier alpha value is -0.870. The van der Waals surface area contributed by atoms with E-state index in [1.54, 1.807) is 24.3 Å². The first-order chi connectivity index (χ1) is 9.18. The Labute approximate surface area is 116 Å². The number of likely N-dealkylation sites (tertiary alicyclic amines) is 1. The monoisotopic (exact) mass is 281 g/mol. The van der Waals surface area contributed by atoms with E-state index in [1.807, 2.05) is 6.07 Å². The summed E-state index contributed by atoms with van der Waals surface area (Å²) in [7, 11) is -3.08. The summed E-state index contributed by atoms with van der Waals surface area (Å²) < 4.78 is 24.1. The van der Waals surface area contributed by atoms with E-state index < -0.39 is 9.84 Å². The Balaban J connectivity index is 1.73. The van der Waals surface area contributed by atoms with Crippen LogP contribution in [0.3, 0.4) is 0 Å². The highest BCUT2D eigenvalue weighted by Gasteiger charge is 2.14. The largest absolute Gasteiger partial charge is 0.303 e. The fourth-order valence-electron chi connectivity index (χ4n) is 2.56. The smallest absolute Gasteiger partial charge is 0.178 e. The Kier molecular flexibility index (Phi) is 5.40. The van der Waals surface area contributed by atoms with Gasteiger partial charge in [-0.2, -0.15) is 0 Å². The molecular formula is C15H23NO2S. The van der Waals surface area contributed by atoms with E-state index in [1.165, 1.54) is 32.4 Å². The van der Waals surface area contributed by atoms with Crippen LogP contribution in [0.25, 0.3) is 0 Å². The Bertz CT molecular complexity index is 464. The third-order valence-corrected chi connectivity index (χ3v) is 5.50. The van der Waals surface area contributed by atoms with Crippen LogP contribution in [0, 0.1) is 0 Å². The number of rotatable bonds is 6. The van der Waals surface area contributed by atoms with Crippen molar-refractivity contribution in [1.29, 1.82) is 0 Å². The lowest BCUT2D eigenvalue weighted by atomic mass is 10.1. The lowest BCUT2D eigenvalue weighted by Crippen LogP contribution is -2.30. The van der Waals surface area contributed by atoms with E-state index in [2.05, 4.69) is 4.90 Å². The zero-order valence-corrected chi connectivity index (χ0v) is 12.2. The topological polar surface area (TPSA) is 37.4 Å². The lowest BCUT2D eigenvalue weighted by Gasteiger charge is -2.26. The number of hydrogen-bond acceptors (Lipinski definition) is 3. The van der Waals surface area contributed by atoms with Crippen molar-refractivity contribution < 1.29 is 8.42 Å². The number of benzene rings is 1. The van der Waals surface area contributed by atoms with Gasteiger partial charge in [0.15, 0.2) is 9.84 Å². The first kappa shape index (κ1) is 14.5. The second-order valence-corrected chi connectivity index (χ2v) is 7.35. The van der Waals surface area contributed by atoms with Crippen molar-refractivity contribution in [2.24, 2.45) is 0 Å². The Morgan fingerprint density at radius 2 is 1.63 bits per heavy atom. The summed E-state index contributed by atoms with van der Waals surface area (Å²) in [5.41, 5.74) is 0. The van der Waals surface area contributed by atoms with Gasteiger partial charge < -0.3 is 4.90 Å².